The SMILES string of the molecule is COCn1cc(C(=O)OC)c2c3c(C(=O)OC)cn(COC)c3c(S(=O)(=O)c3ccc(C)cc3)cc21. The Morgan fingerprint density at radius 3 is 1.89 bits per heavy atom. The summed E-state index contributed by atoms with van der Waals surface area (Å²) in [4.78, 5) is 25.6. The van der Waals surface area contributed by atoms with Crippen LogP contribution >= 0.6 is 0 Å². The molecule has 2 heterocycles. The number of nitrogens with zero attached hydrogens (tertiary/aromatic N) is 2. The van der Waals surface area contributed by atoms with Gasteiger partial charge in [0.25, 0.3) is 0 Å². The first-order valence-corrected chi connectivity index (χ1v) is 12.3. The second-order valence-corrected chi connectivity index (χ2v) is 10.1. The van der Waals surface area contributed by atoms with E-state index in [1.54, 1.807) is 16.7 Å². The van der Waals surface area contributed by atoms with Crippen LogP contribution in [0.1, 0.15) is 26.3 Å². The molecule has 0 bridgehead atoms. The van der Waals surface area contributed by atoms with Crippen LogP contribution in [0.3, 0.4) is 0 Å². The summed E-state index contributed by atoms with van der Waals surface area (Å²) < 4.78 is 51.6. The second kappa shape index (κ2) is 9.76. The molecule has 10 nitrogen and oxygen atoms in total. The predicted molar refractivity (Wildman–Crippen MR) is 131 cm³/mol. The van der Waals surface area contributed by atoms with Crippen LogP contribution in [0.15, 0.2) is 52.5 Å². The lowest BCUT2D eigenvalue weighted by Crippen LogP contribution is -2.08. The first-order chi connectivity index (χ1) is 17.2. The second-order valence-electron chi connectivity index (χ2n) is 8.15. The zero-order valence-electron chi connectivity index (χ0n) is 20.5. The Morgan fingerprint density at radius 1 is 0.806 bits per heavy atom. The molecule has 0 fully saturated rings. The van der Waals surface area contributed by atoms with Crippen LogP contribution in [0.25, 0.3) is 21.8 Å². The lowest BCUT2D eigenvalue weighted by Gasteiger charge is -2.13. The van der Waals surface area contributed by atoms with Gasteiger partial charge in [-0.15, -0.1) is 0 Å². The number of carbonyl (C=O) groups excluding carboxylic acids is 2. The van der Waals surface area contributed by atoms with E-state index >= 15 is 0 Å². The molecule has 0 N–H and O–H groups in total. The third-order valence-corrected chi connectivity index (χ3v) is 7.70. The van der Waals surface area contributed by atoms with Crippen LogP contribution in [0.5, 0.6) is 0 Å². The molecule has 0 radical (unpaired) electrons. The summed E-state index contributed by atoms with van der Waals surface area (Å²) in [6, 6.07) is 7.95. The smallest absolute Gasteiger partial charge is 0.340 e. The fraction of sp³-hybridized carbons (Fsp3) is 0.280. The molecule has 36 heavy (non-hydrogen) atoms. The minimum Gasteiger partial charge on any atom is -0.465 e. The molecule has 0 aliphatic carbocycles. The molecule has 2 aromatic carbocycles. The van der Waals surface area contributed by atoms with Crippen molar-refractivity contribution in [3.8, 4) is 0 Å². The van der Waals surface area contributed by atoms with Crippen LogP contribution in [0.2, 0.25) is 0 Å². The maximum absolute atomic E-state index is 14.0. The summed E-state index contributed by atoms with van der Waals surface area (Å²) in [7, 11) is 1.31. The molecule has 0 spiro atoms. The monoisotopic (exact) mass is 514 g/mol. The van der Waals surface area contributed by atoms with Crippen LogP contribution in [-0.4, -0.2) is 57.9 Å². The highest BCUT2D eigenvalue weighted by molar-refractivity contribution is 7.91. The third kappa shape index (κ3) is 4.04. The van der Waals surface area contributed by atoms with Gasteiger partial charge in [0.1, 0.15) is 13.5 Å². The molecule has 0 unspecified atom stereocenters. The van der Waals surface area contributed by atoms with E-state index in [4.69, 9.17) is 18.9 Å². The first-order valence-electron chi connectivity index (χ1n) is 10.8. The fourth-order valence-electron chi connectivity index (χ4n) is 4.32. The van der Waals surface area contributed by atoms with Gasteiger partial charge in [-0.2, -0.15) is 0 Å². The molecular weight excluding hydrogens is 488 g/mol. The Bertz CT molecular complexity index is 1580. The Morgan fingerprint density at radius 2 is 1.33 bits per heavy atom. The highest BCUT2D eigenvalue weighted by Gasteiger charge is 2.31. The topological polar surface area (TPSA) is 115 Å². The quantitative estimate of drug-likeness (QED) is 0.328. The summed E-state index contributed by atoms with van der Waals surface area (Å²) in [5.74, 6) is -1.35. The number of aromatic nitrogens is 2. The minimum atomic E-state index is -4.08. The number of fused-ring (bicyclic) bond motifs is 3. The van der Waals surface area contributed by atoms with Crippen molar-refractivity contribution in [3.05, 3.63) is 59.4 Å². The van der Waals surface area contributed by atoms with Crippen LogP contribution in [0, 0.1) is 6.92 Å². The molecule has 2 aromatic heterocycles. The number of hydrogen-bond donors (Lipinski definition) is 0. The van der Waals surface area contributed by atoms with Gasteiger partial charge in [-0.25, -0.2) is 18.0 Å². The van der Waals surface area contributed by atoms with E-state index in [0.717, 1.165) is 5.56 Å². The number of esters is 2. The van der Waals surface area contributed by atoms with Gasteiger partial charge < -0.3 is 28.1 Å². The predicted octanol–water partition coefficient (Wildman–Crippen LogP) is 3.52. The number of sulfone groups is 1. The van der Waals surface area contributed by atoms with Crippen molar-refractivity contribution in [1.82, 2.24) is 9.13 Å². The molecule has 0 saturated carbocycles. The summed E-state index contributed by atoms with van der Waals surface area (Å²) in [6.07, 6.45) is 2.97. The molecule has 11 heteroatoms. The average molecular weight is 515 g/mol. The number of methoxy groups -OCH3 is 4. The molecular formula is C25H26N2O8S. The molecule has 0 saturated heterocycles. The average Bonchev–Trinajstić information content (AvgIpc) is 3.42. The van der Waals surface area contributed by atoms with Crippen molar-refractivity contribution in [2.45, 2.75) is 30.2 Å². The number of rotatable bonds is 8. The Kier molecular flexibility index (Phi) is 6.90. The summed E-state index contributed by atoms with van der Waals surface area (Å²) >= 11 is 0. The van der Waals surface area contributed by atoms with Gasteiger partial charge in [0.2, 0.25) is 9.84 Å². The van der Waals surface area contributed by atoms with Gasteiger partial charge in [0.15, 0.2) is 0 Å². The van der Waals surface area contributed by atoms with E-state index in [0.29, 0.717) is 10.9 Å². The van der Waals surface area contributed by atoms with Gasteiger partial charge in [0, 0.05) is 37.4 Å². The lowest BCUT2D eigenvalue weighted by molar-refractivity contribution is 0.0591. The van der Waals surface area contributed by atoms with E-state index in [9.17, 15) is 18.0 Å². The number of benzene rings is 2. The standard InChI is InChI=1S/C25H26N2O8S/c1-15-6-8-16(9-7-15)36(30,31)20-10-19-21(17(24(28)34-4)11-26(19)13-32-2)22-18(25(29)35-5)12-27(14-33-3)23(20)22/h6-12H,13-14H2,1-5H3. The van der Waals surface area contributed by atoms with Crippen LogP contribution in [-0.2, 0) is 42.2 Å². The Balaban J connectivity index is 2.26. The van der Waals surface area contributed by atoms with Crippen molar-refractivity contribution in [1.29, 1.82) is 0 Å². The minimum absolute atomic E-state index is 0.0232. The Labute approximate surface area is 207 Å². The van der Waals surface area contributed by atoms with E-state index in [1.165, 1.54) is 63.6 Å². The number of carbonyl (C=O) groups is 2. The van der Waals surface area contributed by atoms with Crippen molar-refractivity contribution in [2.75, 3.05) is 28.4 Å². The van der Waals surface area contributed by atoms with Gasteiger partial charge in [-0.3, -0.25) is 0 Å². The third-order valence-electron chi connectivity index (χ3n) is 5.92. The molecule has 0 aliphatic rings. The zero-order valence-corrected chi connectivity index (χ0v) is 21.3. The van der Waals surface area contributed by atoms with Crippen molar-refractivity contribution < 1.29 is 37.0 Å². The van der Waals surface area contributed by atoms with E-state index in [-0.39, 0.29) is 45.3 Å². The first kappa shape index (κ1) is 25.4. The van der Waals surface area contributed by atoms with E-state index in [1.807, 2.05) is 6.92 Å². The molecule has 0 amide bonds. The van der Waals surface area contributed by atoms with E-state index in [2.05, 4.69) is 0 Å². The van der Waals surface area contributed by atoms with Crippen LogP contribution < -0.4 is 0 Å². The number of aryl methyl sites for hydroxylation is 1. The fourth-order valence-corrected chi connectivity index (χ4v) is 5.81. The number of hydrogen-bond acceptors (Lipinski definition) is 8. The summed E-state index contributed by atoms with van der Waals surface area (Å²) in [6.45, 7) is 1.83. The summed E-state index contributed by atoms with van der Waals surface area (Å²) in [5.41, 5.74) is 1.70. The molecule has 0 aliphatic heterocycles. The molecule has 4 rings (SSSR count). The lowest BCUT2D eigenvalue weighted by atomic mass is 10.0. The van der Waals surface area contributed by atoms with Crippen LogP contribution in [0.4, 0.5) is 0 Å². The number of ether oxygens (including phenoxy) is 4. The molecule has 4 aromatic rings. The van der Waals surface area contributed by atoms with Gasteiger partial charge in [-0.05, 0) is 25.1 Å². The zero-order chi connectivity index (χ0) is 26.2. The van der Waals surface area contributed by atoms with Gasteiger partial charge in [0.05, 0.1) is 46.2 Å². The largest absolute Gasteiger partial charge is 0.465 e. The van der Waals surface area contributed by atoms with Gasteiger partial charge >= 0.3 is 11.9 Å². The Hall–Kier alpha value is -3.67. The summed E-state index contributed by atoms with van der Waals surface area (Å²) in [5, 5.41) is 0.573. The molecule has 190 valence electrons. The maximum atomic E-state index is 14.0. The molecule has 0 atom stereocenters. The van der Waals surface area contributed by atoms with Gasteiger partial charge in [-0.1, -0.05) is 17.7 Å². The highest BCUT2D eigenvalue weighted by atomic mass is 32.2. The van der Waals surface area contributed by atoms with Crippen molar-refractivity contribution in [3.63, 3.8) is 0 Å². The van der Waals surface area contributed by atoms with E-state index < -0.39 is 21.8 Å². The van der Waals surface area contributed by atoms with Crippen molar-refractivity contribution >= 4 is 43.6 Å². The maximum Gasteiger partial charge on any atom is 0.340 e. The highest BCUT2D eigenvalue weighted by Crippen LogP contribution is 2.40. The normalized spacial score (nSPS) is 11.8. The van der Waals surface area contributed by atoms with Crippen molar-refractivity contribution in [2.24, 2.45) is 0 Å².